The molecule has 2 heterocycles. The topological polar surface area (TPSA) is 66.4 Å². The molecule has 174 valence electrons. The van der Waals surface area contributed by atoms with Crippen LogP contribution in [0.3, 0.4) is 0 Å². The van der Waals surface area contributed by atoms with Crippen LogP contribution in [-0.4, -0.2) is 80.8 Å². The van der Waals surface area contributed by atoms with Gasteiger partial charge in [0.05, 0.1) is 13.7 Å². The van der Waals surface area contributed by atoms with E-state index in [2.05, 4.69) is 43.1 Å². The molecule has 2 aliphatic rings. The smallest absolute Gasteiger partial charge is 0.251 e. The summed E-state index contributed by atoms with van der Waals surface area (Å²) in [5.74, 6) is 1.93. The van der Waals surface area contributed by atoms with Gasteiger partial charge >= 0.3 is 0 Å². The molecule has 1 unspecified atom stereocenters. The Balaban J connectivity index is 0.00000341. The lowest BCUT2D eigenvalue weighted by Crippen LogP contribution is -2.55. The van der Waals surface area contributed by atoms with Crippen molar-refractivity contribution < 1.29 is 14.3 Å². The number of nitrogens with zero attached hydrogens (tertiary/aromatic N) is 3. The third kappa shape index (κ3) is 6.71. The number of aliphatic imine (C=N–C) groups is 1. The second kappa shape index (κ2) is 11.9. The third-order valence-corrected chi connectivity index (χ3v) is 5.91. The van der Waals surface area contributed by atoms with Crippen LogP contribution in [0.15, 0.2) is 29.3 Å². The van der Waals surface area contributed by atoms with Gasteiger partial charge in [0, 0.05) is 44.7 Å². The molecule has 31 heavy (non-hydrogen) atoms. The second-order valence-corrected chi connectivity index (χ2v) is 8.60. The van der Waals surface area contributed by atoms with Crippen molar-refractivity contribution in [3.63, 3.8) is 0 Å². The maximum atomic E-state index is 12.6. The molecule has 8 heteroatoms. The summed E-state index contributed by atoms with van der Waals surface area (Å²) in [5.41, 5.74) is 1.08. The van der Waals surface area contributed by atoms with Gasteiger partial charge < -0.3 is 24.6 Å². The van der Waals surface area contributed by atoms with Crippen LogP contribution in [0.4, 0.5) is 0 Å². The van der Waals surface area contributed by atoms with Crippen molar-refractivity contribution in [3.8, 4) is 5.75 Å². The van der Waals surface area contributed by atoms with Crippen LogP contribution in [0.2, 0.25) is 0 Å². The number of amides is 1. The zero-order chi connectivity index (χ0) is 21.6. The lowest BCUT2D eigenvalue weighted by molar-refractivity contribution is -0.142. The molecule has 2 aliphatic heterocycles. The molecule has 0 aliphatic carbocycles. The van der Waals surface area contributed by atoms with E-state index in [1.165, 1.54) is 5.56 Å². The molecular formula is C23H37IN4O3. The number of halogens is 1. The number of piperazine rings is 1. The van der Waals surface area contributed by atoms with E-state index in [0.717, 1.165) is 44.2 Å². The minimum absolute atomic E-state index is 0. The molecule has 7 nitrogen and oxygen atoms in total. The fourth-order valence-electron chi connectivity index (χ4n) is 3.95. The average molecular weight is 544 g/mol. The first kappa shape index (κ1) is 25.7. The Morgan fingerprint density at radius 3 is 2.58 bits per heavy atom. The molecule has 2 fully saturated rings. The molecule has 1 amide bonds. The number of carbonyl (C=O) groups excluding carboxylic acids is 1. The molecule has 3 rings (SSSR count). The SMILES string of the molecule is CCNC(=NCC(C)(C)c1cccc(OC)c1)N1CCN(C(=O)C2CCCO2)CC1.I. The van der Waals surface area contributed by atoms with E-state index >= 15 is 0 Å². The second-order valence-electron chi connectivity index (χ2n) is 8.60. The van der Waals surface area contributed by atoms with Gasteiger partial charge in [-0.15, -0.1) is 24.0 Å². The van der Waals surface area contributed by atoms with Gasteiger partial charge in [-0.1, -0.05) is 26.0 Å². The van der Waals surface area contributed by atoms with Gasteiger partial charge in [0.25, 0.3) is 5.91 Å². The number of hydrogen-bond acceptors (Lipinski definition) is 4. The van der Waals surface area contributed by atoms with Crippen molar-refractivity contribution in [1.29, 1.82) is 0 Å². The van der Waals surface area contributed by atoms with Crippen molar-refractivity contribution in [3.05, 3.63) is 29.8 Å². The fraction of sp³-hybridized carbons (Fsp3) is 0.652. The quantitative estimate of drug-likeness (QED) is 0.339. The summed E-state index contributed by atoms with van der Waals surface area (Å²) < 4.78 is 10.9. The van der Waals surface area contributed by atoms with Gasteiger partial charge in [0.1, 0.15) is 11.9 Å². The van der Waals surface area contributed by atoms with Gasteiger partial charge in [0.15, 0.2) is 5.96 Å². The minimum Gasteiger partial charge on any atom is -0.497 e. The monoisotopic (exact) mass is 544 g/mol. The van der Waals surface area contributed by atoms with Crippen LogP contribution in [0.5, 0.6) is 5.75 Å². The number of hydrogen-bond donors (Lipinski definition) is 1. The molecule has 2 saturated heterocycles. The van der Waals surface area contributed by atoms with Gasteiger partial charge in [-0.25, -0.2) is 0 Å². The van der Waals surface area contributed by atoms with Gasteiger partial charge in [0.2, 0.25) is 0 Å². The molecule has 1 aromatic rings. The molecule has 1 N–H and O–H groups in total. The third-order valence-electron chi connectivity index (χ3n) is 5.91. The number of nitrogens with one attached hydrogen (secondary N) is 1. The average Bonchev–Trinajstić information content (AvgIpc) is 3.31. The zero-order valence-electron chi connectivity index (χ0n) is 19.2. The number of ether oxygens (including phenoxy) is 2. The number of rotatable bonds is 6. The van der Waals surface area contributed by atoms with Crippen molar-refractivity contribution in [2.45, 2.75) is 45.1 Å². The molecule has 0 aromatic heterocycles. The Morgan fingerprint density at radius 1 is 1.26 bits per heavy atom. The lowest BCUT2D eigenvalue weighted by atomic mass is 9.84. The summed E-state index contributed by atoms with van der Waals surface area (Å²) in [4.78, 5) is 21.7. The standard InChI is InChI=1S/C23H36N4O3.HI/c1-5-24-22(25-17-23(2,3)18-8-6-9-19(16-18)29-4)27-13-11-26(12-14-27)21(28)20-10-7-15-30-20;/h6,8-9,16,20H,5,7,10-15,17H2,1-4H3,(H,24,25);1H. The lowest BCUT2D eigenvalue weighted by Gasteiger charge is -2.37. The first-order valence-electron chi connectivity index (χ1n) is 11.0. The number of methoxy groups -OCH3 is 1. The molecular weight excluding hydrogens is 507 g/mol. The number of guanidine groups is 1. The normalized spacial score (nSPS) is 19.7. The predicted octanol–water partition coefficient (Wildman–Crippen LogP) is 2.88. The fourth-order valence-corrected chi connectivity index (χ4v) is 3.95. The molecule has 0 radical (unpaired) electrons. The van der Waals surface area contributed by atoms with Crippen LogP contribution < -0.4 is 10.1 Å². The summed E-state index contributed by atoms with van der Waals surface area (Å²) >= 11 is 0. The Bertz CT molecular complexity index is 742. The summed E-state index contributed by atoms with van der Waals surface area (Å²) in [7, 11) is 1.69. The van der Waals surface area contributed by atoms with Crippen molar-refractivity contribution in [2.24, 2.45) is 4.99 Å². The highest BCUT2D eigenvalue weighted by Gasteiger charge is 2.31. The van der Waals surface area contributed by atoms with Crippen LogP contribution >= 0.6 is 24.0 Å². The van der Waals surface area contributed by atoms with E-state index in [9.17, 15) is 4.79 Å². The van der Waals surface area contributed by atoms with Crippen LogP contribution in [0, 0.1) is 0 Å². The van der Waals surface area contributed by atoms with E-state index in [4.69, 9.17) is 14.5 Å². The van der Waals surface area contributed by atoms with Crippen molar-refractivity contribution >= 4 is 35.8 Å². The Kier molecular flexibility index (Phi) is 9.87. The Morgan fingerprint density at radius 2 is 1.97 bits per heavy atom. The number of benzene rings is 1. The molecule has 1 aromatic carbocycles. The molecule has 0 saturated carbocycles. The van der Waals surface area contributed by atoms with E-state index in [-0.39, 0.29) is 41.4 Å². The van der Waals surface area contributed by atoms with E-state index in [1.54, 1.807) is 7.11 Å². The molecule has 1 atom stereocenters. The van der Waals surface area contributed by atoms with E-state index < -0.39 is 0 Å². The maximum Gasteiger partial charge on any atom is 0.251 e. The van der Waals surface area contributed by atoms with Crippen LogP contribution in [0.1, 0.15) is 39.2 Å². The van der Waals surface area contributed by atoms with Crippen LogP contribution in [0.25, 0.3) is 0 Å². The highest BCUT2D eigenvalue weighted by atomic mass is 127. The summed E-state index contributed by atoms with van der Waals surface area (Å²) in [5, 5.41) is 3.42. The Hall–Kier alpha value is -1.55. The summed E-state index contributed by atoms with van der Waals surface area (Å²) in [6, 6.07) is 8.19. The first-order chi connectivity index (χ1) is 14.4. The van der Waals surface area contributed by atoms with Crippen molar-refractivity contribution in [1.82, 2.24) is 15.1 Å². The highest BCUT2D eigenvalue weighted by molar-refractivity contribution is 14.0. The largest absolute Gasteiger partial charge is 0.497 e. The summed E-state index contributed by atoms with van der Waals surface area (Å²) in [6.07, 6.45) is 1.60. The highest BCUT2D eigenvalue weighted by Crippen LogP contribution is 2.27. The van der Waals surface area contributed by atoms with Gasteiger partial charge in [-0.05, 0) is 37.5 Å². The van der Waals surface area contributed by atoms with Crippen molar-refractivity contribution in [2.75, 3.05) is 53.0 Å². The zero-order valence-corrected chi connectivity index (χ0v) is 21.6. The molecule has 0 bridgehead atoms. The van der Waals surface area contributed by atoms with Gasteiger partial charge in [-0.3, -0.25) is 9.79 Å². The Labute approximate surface area is 203 Å². The minimum atomic E-state index is -0.234. The van der Waals surface area contributed by atoms with E-state index in [1.807, 2.05) is 17.0 Å². The molecule has 0 spiro atoms. The maximum absolute atomic E-state index is 12.6. The van der Waals surface area contributed by atoms with E-state index in [0.29, 0.717) is 26.2 Å². The summed E-state index contributed by atoms with van der Waals surface area (Å²) in [6.45, 7) is 11.7. The number of carbonyl (C=O) groups is 1. The predicted molar refractivity (Wildman–Crippen MR) is 135 cm³/mol. The first-order valence-corrected chi connectivity index (χ1v) is 11.0. The van der Waals surface area contributed by atoms with Crippen LogP contribution in [-0.2, 0) is 14.9 Å². The van der Waals surface area contributed by atoms with Gasteiger partial charge in [-0.2, -0.15) is 0 Å².